The van der Waals surface area contributed by atoms with Crippen molar-refractivity contribution in [1.29, 1.82) is 0 Å². The van der Waals surface area contributed by atoms with Crippen LogP contribution in [0.5, 0.6) is 5.75 Å². The molecule has 1 N–H and O–H groups in total. The second kappa shape index (κ2) is 13.7. The zero-order chi connectivity index (χ0) is 32.9. The molecule has 2 amide bonds. The van der Waals surface area contributed by atoms with Crippen LogP contribution in [0.25, 0.3) is 0 Å². The first-order chi connectivity index (χ1) is 21.9. The van der Waals surface area contributed by atoms with Crippen molar-refractivity contribution >= 4 is 17.5 Å². The third kappa shape index (κ3) is 8.26. The van der Waals surface area contributed by atoms with Gasteiger partial charge >= 0.3 is 12.4 Å². The minimum absolute atomic E-state index is 0.00231. The van der Waals surface area contributed by atoms with Gasteiger partial charge in [-0.25, -0.2) is 0 Å². The van der Waals surface area contributed by atoms with Crippen LogP contribution in [0.2, 0.25) is 0 Å². The molecule has 4 aromatic rings. The molecule has 0 aliphatic carbocycles. The summed E-state index contributed by atoms with van der Waals surface area (Å²) in [6.45, 7) is 1.01. The fourth-order valence-electron chi connectivity index (χ4n) is 5.40. The van der Waals surface area contributed by atoms with Crippen LogP contribution in [-0.4, -0.2) is 29.8 Å². The number of alkyl halides is 6. The van der Waals surface area contributed by atoms with Crippen molar-refractivity contribution in [3.05, 3.63) is 130 Å². The van der Waals surface area contributed by atoms with Crippen molar-refractivity contribution in [2.24, 2.45) is 5.92 Å². The maximum atomic E-state index is 13.5. The summed E-state index contributed by atoms with van der Waals surface area (Å²) in [7, 11) is 0. The summed E-state index contributed by atoms with van der Waals surface area (Å²) in [4.78, 5) is 28.6. The van der Waals surface area contributed by atoms with Crippen molar-refractivity contribution in [3.63, 3.8) is 0 Å². The number of carbonyl (C=O) groups is 2. The van der Waals surface area contributed by atoms with E-state index in [0.29, 0.717) is 31.1 Å². The summed E-state index contributed by atoms with van der Waals surface area (Å²) in [5, 5.41) is 2.15. The molecule has 5 nitrogen and oxygen atoms in total. The molecule has 0 bridgehead atoms. The van der Waals surface area contributed by atoms with E-state index in [2.05, 4.69) is 17.4 Å². The molecule has 1 aliphatic rings. The van der Waals surface area contributed by atoms with E-state index in [1.54, 1.807) is 35.2 Å². The second-order valence-corrected chi connectivity index (χ2v) is 11.2. The van der Waals surface area contributed by atoms with Gasteiger partial charge in [0, 0.05) is 24.3 Å². The molecule has 1 aliphatic heterocycles. The van der Waals surface area contributed by atoms with Crippen molar-refractivity contribution in [1.82, 2.24) is 4.90 Å². The number of carbonyl (C=O) groups excluding carboxylic acids is 2. The Kier molecular flexibility index (Phi) is 9.69. The highest BCUT2D eigenvalue weighted by atomic mass is 19.4. The van der Waals surface area contributed by atoms with E-state index in [4.69, 9.17) is 4.74 Å². The van der Waals surface area contributed by atoms with E-state index in [1.807, 2.05) is 18.2 Å². The first-order valence-electron chi connectivity index (χ1n) is 14.6. The van der Waals surface area contributed by atoms with Crippen LogP contribution >= 0.6 is 0 Å². The fraction of sp³-hybridized carbons (Fsp3) is 0.257. The topological polar surface area (TPSA) is 58.6 Å². The zero-order valence-electron chi connectivity index (χ0n) is 24.5. The number of piperidine rings is 1. The quantitative estimate of drug-likeness (QED) is 0.196. The van der Waals surface area contributed by atoms with Crippen molar-refractivity contribution in [2.45, 2.75) is 38.2 Å². The predicted molar refractivity (Wildman–Crippen MR) is 160 cm³/mol. The van der Waals surface area contributed by atoms with Gasteiger partial charge in [0.25, 0.3) is 11.8 Å². The van der Waals surface area contributed by atoms with Crippen LogP contribution in [0.4, 0.5) is 32.0 Å². The van der Waals surface area contributed by atoms with Gasteiger partial charge in [-0.3, -0.25) is 9.59 Å². The van der Waals surface area contributed by atoms with Crippen LogP contribution in [0.1, 0.15) is 55.8 Å². The van der Waals surface area contributed by atoms with Crippen molar-refractivity contribution in [2.75, 3.05) is 18.4 Å². The highest BCUT2D eigenvalue weighted by molar-refractivity contribution is 6.08. The minimum Gasteiger partial charge on any atom is -0.488 e. The second-order valence-electron chi connectivity index (χ2n) is 11.2. The standard InChI is InChI=1S/C35H30F6N2O3/c36-34(37,38)27-19-28(35(39,40)41)21-29(20-27)42-32(44)30-18-26(11-12-31(30)46-22-25-9-5-2-6-10-25)33(45)43-15-13-24(14-16-43)17-23-7-3-1-4-8-23/h1-12,18-21,24H,13-17,22H2,(H,42,44). The highest BCUT2D eigenvalue weighted by Crippen LogP contribution is 2.38. The minimum atomic E-state index is -5.09. The first-order valence-corrected chi connectivity index (χ1v) is 14.6. The zero-order valence-corrected chi connectivity index (χ0v) is 24.5. The molecule has 0 radical (unpaired) electrons. The summed E-state index contributed by atoms with van der Waals surface area (Å²) in [5.74, 6) is -0.981. The van der Waals surface area contributed by atoms with Crippen LogP contribution in [0, 0.1) is 5.92 Å². The Bertz CT molecular complexity index is 1630. The molecule has 5 rings (SSSR count). The average Bonchev–Trinajstić information content (AvgIpc) is 3.04. The van der Waals surface area contributed by atoms with Gasteiger partial charge < -0.3 is 15.0 Å². The molecule has 1 fully saturated rings. The van der Waals surface area contributed by atoms with Crippen LogP contribution in [0.15, 0.2) is 97.1 Å². The number of hydrogen-bond donors (Lipinski definition) is 1. The number of hydrogen-bond acceptors (Lipinski definition) is 3. The van der Waals surface area contributed by atoms with Gasteiger partial charge in [-0.05, 0) is 72.7 Å². The lowest BCUT2D eigenvalue weighted by Crippen LogP contribution is -2.39. The molecule has 0 spiro atoms. The molecule has 0 aromatic heterocycles. The van der Waals surface area contributed by atoms with Crippen molar-refractivity contribution < 1.29 is 40.7 Å². The largest absolute Gasteiger partial charge is 0.488 e. The molecule has 0 atom stereocenters. The first kappa shape index (κ1) is 32.6. The van der Waals surface area contributed by atoms with Crippen LogP contribution < -0.4 is 10.1 Å². The maximum absolute atomic E-state index is 13.5. The highest BCUT2D eigenvalue weighted by Gasteiger charge is 2.37. The smallest absolute Gasteiger partial charge is 0.416 e. The van der Waals surface area contributed by atoms with Crippen LogP contribution in [-0.2, 0) is 25.4 Å². The number of ether oxygens (including phenoxy) is 1. The van der Waals surface area contributed by atoms with E-state index in [1.165, 1.54) is 23.8 Å². The number of halogens is 6. The Morgan fingerprint density at radius 1 is 0.739 bits per heavy atom. The molecule has 11 heteroatoms. The summed E-state index contributed by atoms with van der Waals surface area (Å²) < 4.78 is 86.4. The van der Waals surface area contributed by atoms with E-state index in [0.717, 1.165) is 24.8 Å². The number of amides is 2. The van der Waals surface area contributed by atoms with Gasteiger partial charge in [-0.2, -0.15) is 26.3 Å². The lowest BCUT2D eigenvalue weighted by atomic mass is 9.90. The number of likely N-dealkylation sites (tertiary alicyclic amines) is 1. The molecular formula is C35H30F6N2O3. The van der Waals surface area contributed by atoms with Gasteiger partial charge in [0.1, 0.15) is 12.4 Å². The Balaban J connectivity index is 1.38. The number of nitrogens with one attached hydrogen (secondary N) is 1. The molecule has 1 saturated heterocycles. The van der Waals surface area contributed by atoms with Gasteiger partial charge in [0.15, 0.2) is 0 Å². The molecule has 46 heavy (non-hydrogen) atoms. The average molecular weight is 641 g/mol. The Morgan fingerprint density at radius 3 is 1.87 bits per heavy atom. The molecule has 0 unspecified atom stereocenters. The third-order valence-electron chi connectivity index (χ3n) is 7.82. The normalized spacial score (nSPS) is 14.2. The fourth-order valence-corrected chi connectivity index (χ4v) is 5.40. The van der Waals surface area contributed by atoms with Crippen LogP contribution in [0.3, 0.4) is 0 Å². The third-order valence-corrected chi connectivity index (χ3v) is 7.82. The summed E-state index contributed by atoms with van der Waals surface area (Å²) >= 11 is 0. The number of nitrogens with zero attached hydrogens (tertiary/aromatic N) is 1. The molecular weight excluding hydrogens is 610 g/mol. The number of benzene rings is 4. The molecule has 240 valence electrons. The van der Waals surface area contributed by atoms with E-state index >= 15 is 0 Å². The van der Waals surface area contributed by atoms with Gasteiger partial charge in [0.05, 0.1) is 16.7 Å². The summed E-state index contributed by atoms with van der Waals surface area (Å²) in [6, 6.07) is 23.9. The molecule has 0 saturated carbocycles. The Labute approximate surface area is 261 Å². The summed E-state index contributed by atoms with van der Waals surface area (Å²) in [5.41, 5.74) is -1.96. The SMILES string of the molecule is O=C(Nc1cc(C(F)(F)F)cc(C(F)(F)F)c1)c1cc(C(=O)N2CCC(Cc3ccccc3)CC2)ccc1OCc1ccccc1. The van der Waals surface area contributed by atoms with E-state index in [9.17, 15) is 35.9 Å². The summed E-state index contributed by atoms with van der Waals surface area (Å²) in [6.07, 6.45) is -7.73. The predicted octanol–water partition coefficient (Wildman–Crippen LogP) is 8.65. The van der Waals surface area contributed by atoms with Crippen molar-refractivity contribution in [3.8, 4) is 5.75 Å². The number of anilines is 1. The maximum Gasteiger partial charge on any atom is 0.416 e. The van der Waals surface area contributed by atoms with Gasteiger partial charge in [0.2, 0.25) is 0 Å². The van der Waals surface area contributed by atoms with E-state index in [-0.39, 0.29) is 35.5 Å². The van der Waals surface area contributed by atoms with Gasteiger partial charge in [-0.1, -0.05) is 60.7 Å². The Hall–Kier alpha value is -4.80. The Morgan fingerprint density at radius 2 is 1.30 bits per heavy atom. The lowest BCUT2D eigenvalue weighted by molar-refractivity contribution is -0.143. The number of rotatable bonds is 8. The van der Waals surface area contributed by atoms with E-state index < -0.39 is 35.1 Å². The molecule has 1 heterocycles. The monoisotopic (exact) mass is 640 g/mol. The van der Waals surface area contributed by atoms with Gasteiger partial charge in [-0.15, -0.1) is 0 Å². The molecule has 4 aromatic carbocycles. The lowest BCUT2D eigenvalue weighted by Gasteiger charge is -2.32.